The van der Waals surface area contributed by atoms with E-state index in [0.717, 1.165) is 22.4 Å². The third-order valence-corrected chi connectivity index (χ3v) is 7.25. The molecule has 3 rings (SSSR count). The first kappa shape index (κ1) is 27.1. The van der Waals surface area contributed by atoms with E-state index >= 15 is 0 Å². The van der Waals surface area contributed by atoms with Crippen LogP contribution in [0.2, 0.25) is 0 Å². The Kier molecular flexibility index (Phi) is 10.7. The lowest BCUT2D eigenvalue weighted by molar-refractivity contribution is -0.147. The summed E-state index contributed by atoms with van der Waals surface area (Å²) in [7, 11) is 1.63. The number of nitrogens with one attached hydrogen (secondary N) is 1. The Morgan fingerprint density at radius 2 is 1.33 bits per heavy atom. The number of benzene rings is 3. The van der Waals surface area contributed by atoms with Gasteiger partial charge in [0, 0.05) is 11.0 Å². The molecule has 0 saturated carbocycles. The average Bonchev–Trinajstić information content (AvgIpc) is 2.91. The molecule has 6 nitrogen and oxygen atoms in total. The van der Waals surface area contributed by atoms with E-state index in [2.05, 4.69) is 5.32 Å². The summed E-state index contributed by atoms with van der Waals surface area (Å²) in [6.45, 7) is 4.30. The van der Waals surface area contributed by atoms with E-state index in [-0.39, 0.29) is 24.4 Å². The number of amides is 1. The van der Waals surface area contributed by atoms with Gasteiger partial charge >= 0.3 is 12.1 Å². The maximum atomic E-state index is 13.2. The largest absolute Gasteiger partial charge is 0.497 e. The van der Waals surface area contributed by atoms with Crippen molar-refractivity contribution in [2.45, 2.75) is 44.1 Å². The number of thioether (sulfide) groups is 1. The number of rotatable bonds is 12. The van der Waals surface area contributed by atoms with Crippen LogP contribution >= 0.6 is 11.8 Å². The second-order valence-corrected chi connectivity index (χ2v) is 9.81. The van der Waals surface area contributed by atoms with E-state index in [9.17, 15) is 9.59 Å². The highest BCUT2D eigenvalue weighted by Crippen LogP contribution is 2.28. The molecule has 3 aromatic carbocycles. The van der Waals surface area contributed by atoms with Crippen LogP contribution in [0.25, 0.3) is 0 Å². The van der Waals surface area contributed by atoms with E-state index in [1.165, 1.54) is 0 Å². The van der Waals surface area contributed by atoms with Crippen molar-refractivity contribution in [1.82, 2.24) is 5.32 Å². The molecule has 0 aliphatic carbocycles. The molecule has 3 aromatic rings. The molecule has 0 fully saturated rings. The van der Waals surface area contributed by atoms with Crippen molar-refractivity contribution < 1.29 is 23.8 Å². The minimum Gasteiger partial charge on any atom is -0.497 e. The van der Waals surface area contributed by atoms with Crippen molar-refractivity contribution in [3.05, 3.63) is 102 Å². The zero-order chi connectivity index (χ0) is 25.8. The number of ether oxygens (including phenoxy) is 3. The maximum absolute atomic E-state index is 13.2. The van der Waals surface area contributed by atoms with Gasteiger partial charge in [0.25, 0.3) is 0 Å². The number of hydrogen-bond acceptors (Lipinski definition) is 6. The highest BCUT2D eigenvalue weighted by atomic mass is 32.2. The molecule has 0 aliphatic rings. The van der Waals surface area contributed by atoms with Gasteiger partial charge in [0.05, 0.1) is 7.11 Å². The Morgan fingerprint density at radius 3 is 1.86 bits per heavy atom. The summed E-state index contributed by atoms with van der Waals surface area (Å²) in [5.41, 5.74) is 2.84. The lowest BCUT2D eigenvalue weighted by Crippen LogP contribution is -2.50. The van der Waals surface area contributed by atoms with Crippen LogP contribution in [-0.4, -0.2) is 30.5 Å². The fourth-order valence-corrected chi connectivity index (χ4v) is 4.91. The summed E-state index contributed by atoms with van der Waals surface area (Å²) in [4.78, 5) is 26.0. The molecule has 2 atom stereocenters. The van der Waals surface area contributed by atoms with E-state index in [4.69, 9.17) is 14.2 Å². The molecule has 0 aromatic heterocycles. The topological polar surface area (TPSA) is 73.9 Å². The number of methoxy groups -OCH3 is 1. The lowest BCUT2D eigenvalue weighted by atomic mass is 10.0. The molecule has 1 amide bonds. The summed E-state index contributed by atoms with van der Waals surface area (Å²) in [6, 6.07) is 25.8. The average molecular weight is 508 g/mol. The van der Waals surface area contributed by atoms with Crippen molar-refractivity contribution in [3.63, 3.8) is 0 Å². The first-order chi connectivity index (χ1) is 17.5. The van der Waals surface area contributed by atoms with Crippen LogP contribution in [0.1, 0.15) is 30.5 Å². The fourth-order valence-electron chi connectivity index (χ4n) is 3.57. The van der Waals surface area contributed by atoms with E-state index in [1.807, 2.05) is 98.8 Å². The van der Waals surface area contributed by atoms with E-state index < -0.39 is 18.1 Å². The second kappa shape index (κ2) is 14.2. The Morgan fingerprint density at radius 1 is 0.778 bits per heavy atom. The first-order valence-corrected chi connectivity index (χ1v) is 12.9. The monoisotopic (exact) mass is 507 g/mol. The van der Waals surface area contributed by atoms with Gasteiger partial charge in [-0.25, -0.2) is 9.59 Å². The molecule has 190 valence electrons. The van der Waals surface area contributed by atoms with Crippen LogP contribution in [0.15, 0.2) is 84.9 Å². The Bertz CT molecular complexity index is 1070. The van der Waals surface area contributed by atoms with Crippen LogP contribution in [0.3, 0.4) is 0 Å². The van der Waals surface area contributed by atoms with E-state index in [0.29, 0.717) is 5.75 Å². The third-order valence-electron chi connectivity index (χ3n) is 5.55. The number of hydrogen-bond donors (Lipinski definition) is 1. The standard InChI is InChI=1S/C29H33NO5S/c1-21(2)27(36-20-24-14-16-25(33-3)17-15-24)26(28(31)34-18-22-10-6-4-7-11-22)30-29(32)35-19-23-12-8-5-9-13-23/h4-17,21,26-27H,18-20H2,1-3H3,(H,30,32)/t26-,27-/m1/s1. The van der Waals surface area contributed by atoms with Gasteiger partial charge in [-0.1, -0.05) is 86.6 Å². The van der Waals surface area contributed by atoms with Crippen LogP contribution < -0.4 is 10.1 Å². The molecule has 0 bridgehead atoms. The molecule has 0 heterocycles. The quantitative estimate of drug-likeness (QED) is 0.304. The predicted octanol–water partition coefficient (Wildman–Crippen LogP) is 5.99. The van der Waals surface area contributed by atoms with Gasteiger partial charge < -0.3 is 19.5 Å². The third kappa shape index (κ3) is 8.64. The van der Waals surface area contributed by atoms with Crippen LogP contribution in [0.4, 0.5) is 4.79 Å². The normalized spacial score (nSPS) is 12.4. The molecule has 1 N–H and O–H groups in total. The Balaban J connectivity index is 1.70. The minimum absolute atomic E-state index is 0.0805. The second-order valence-electron chi connectivity index (χ2n) is 8.64. The number of esters is 1. The molecule has 0 unspecified atom stereocenters. The van der Waals surface area contributed by atoms with Gasteiger partial charge in [0.15, 0.2) is 0 Å². The number of alkyl carbamates (subject to hydrolysis) is 1. The molecular formula is C29H33NO5S. The predicted molar refractivity (Wildman–Crippen MR) is 143 cm³/mol. The zero-order valence-electron chi connectivity index (χ0n) is 20.9. The van der Waals surface area contributed by atoms with Crippen molar-refractivity contribution in [3.8, 4) is 5.75 Å². The highest BCUT2D eigenvalue weighted by Gasteiger charge is 2.34. The zero-order valence-corrected chi connectivity index (χ0v) is 21.7. The van der Waals surface area contributed by atoms with Gasteiger partial charge in [-0.15, -0.1) is 0 Å². The van der Waals surface area contributed by atoms with Gasteiger partial charge in [0.1, 0.15) is 25.0 Å². The van der Waals surface area contributed by atoms with Gasteiger partial charge in [-0.05, 0) is 34.7 Å². The summed E-state index contributed by atoms with van der Waals surface area (Å²) >= 11 is 1.60. The molecule has 0 saturated heterocycles. The Labute approximate surface area is 217 Å². The van der Waals surface area contributed by atoms with Gasteiger partial charge in [0.2, 0.25) is 0 Å². The van der Waals surface area contributed by atoms with Gasteiger partial charge in [-0.3, -0.25) is 0 Å². The van der Waals surface area contributed by atoms with Crippen molar-refractivity contribution in [1.29, 1.82) is 0 Å². The van der Waals surface area contributed by atoms with E-state index in [1.54, 1.807) is 18.9 Å². The summed E-state index contributed by atoms with van der Waals surface area (Å²) in [5, 5.41) is 2.55. The molecule has 0 spiro atoms. The van der Waals surface area contributed by atoms with Crippen molar-refractivity contribution >= 4 is 23.8 Å². The Hall–Kier alpha value is -3.45. The first-order valence-electron chi connectivity index (χ1n) is 11.9. The lowest BCUT2D eigenvalue weighted by Gasteiger charge is -2.29. The van der Waals surface area contributed by atoms with Gasteiger partial charge in [-0.2, -0.15) is 11.8 Å². The highest BCUT2D eigenvalue weighted by molar-refractivity contribution is 7.99. The molecular weight excluding hydrogens is 474 g/mol. The maximum Gasteiger partial charge on any atom is 0.408 e. The summed E-state index contributed by atoms with van der Waals surface area (Å²) in [5.74, 6) is 1.04. The van der Waals surface area contributed by atoms with Crippen molar-refractivity contribution in [2.24, 2.45) is 5.92 Å². The molecule has 0 aliphatic heterocycles. The molecule has 7 heteroatoms. The fraction of sp³-hybridized carbons (Fsp3) is 0.310. The van der Waals surface area contributed by atoms with Crippen LogP contribution in [0, 0.1) is 5.92 Å². The SMILES string of the molecule is COc1ccc(CS[C@H](C(C)C)[C@@H](NC(=O)OCc2ccccc2)C(=O)OCc2ccccc2)cc1. The molecule has 36 heavy (non-hydrogen) atoms. The number of carbonyl (C=O) groups excluding carboxylic acids is 2. The number of carbonyl (C=O) groups is 2. The van der Waals surface area contributed by atoms with Crippen LogP contribution in [0.5, 0.6) is 5.75 Å². The molecule has 0 radical (unpaired) electrons. The minimum atomic E-state index is -0.875. The summed E-state index contributed by atoms with van der Waals surface area (Å²) < 4.78 is 16.3. The van der Waals surface area contributed by atoms with Crippen molar-refractivity contribution in [2.75, 3.05) is 7.11 Å². The van der Waals surface area contributed by atoms with Crippen LogP contribution in [-0.2, 0) is 33.2 Å². The smallest absolute Gasteiger partial charge is 0.408 e. The summed E-state index contributed by atoms with van der Waals surface area (Å²) in [6.07, 6.45) is -0.656.